The molecule has 172 valence electrons. The van der Waals surface area contributed by atoms with Gasteiger partial charge < -0.3 is 9.64 Å². The van der Waals surface area contributed by atoms with Crippen molar-refractivity contribution in [2.45, 2.75) is 36.9 Å². The molecule has 3 saturated heterocycles. The Balaban J connectivity index is 1.54. The number of hydroxylamine groups is 2. The lowest BCUT2D eigenvalue weighted by atomic mass is 9.90. The van der Waals surface area contributed by atoms with E-state index >= 15 is 0 Å². The van der Waals surface area contributed by atoms with Crippen molar-refractivity contribution in [2.75, 3.05) is 19.1 Å². The topological polar surface area (TPSA) is 62.3 Å². The lowest BCUT2D eigenvalue weighted by Crippen LogP contribution is -2.51. The molecule has 2 aromatic carbocycles. The van der Waals surface area contributed by atoms with Gasteiger partial charge in [0.15, 0.2) is 6.10 Å². The largest absolute Gasteiger partial charge is 0.497 e. The number of nitrogens with zero attached hydrogens (tertiary/aromatic N) is 3. The van der Waals surface area contributed by atoms with Gasteiger partial charge in [-0.1, -0.05) is 54.3 Å². The number of thiocarbonyl (C=S) groups is 1. The van der Waals surface area contributed by atoms with Crippen molar-refractivity contribution >= 4 is 45.8 Å². The zero-order valence-electron chi connectivity index (χ0n) is 18.8. The molecule has 0 N–H and O–H groups in total. The van der Waals surface area contributed by atoms with Crippen molar-refractivity contribution in [3.8, 4) is 5.75 Å². The fourth-order valence-corrected chi connectivity index (χ4v) is 6.53. The van der Waals surface area contributed by atoms with Gasteiger partial charge in [0.25, 0.3) is 5.91 Å². The molecule has 3 fully saturated rings. The molecular formula is C24H25N3O4S2. The average Bonchev–Trinajstić information content (AvgIpc) is 3.39. The van der Waals surface area contributed by atoms with Crippen LogP contribution < -0.4 is 9.64 Å². The van der Waals surface area contributed by atoms with Crippen molar-refractivity contribution in [1.82, 2.24) is 9.96 Å². The highest BCUT2D eigenvalue weighted by Gasteiger charge is 2.63. The third kappa shape index (κ3) is 3.37. The van der Waals surface area contributed by atoms with Gasteiger partial charge in [-0.2, -0.15) is 5.06 Å². The zero-order chi connectivity index (χ0) is 23.5. The quantitative estimate of drug-likeness (QED) is 0.483. The first kappa shape index (κ1) is 22.3. The number of anilines is 1. The van der Waals surface area contributed by atoms with E-state index in [1.54, 1.807) is 31.4 Å². The number of benzene rings is 2. The minimum absolute atomic E-state index is 0.180. The third-order valence-corrected chi connectivity index (χ3v) is 8.85. The van der Waals surface area contributed by atoms with E-state index in [1.165, 1.54) is 16.7 Å². The summed E-state index contributed by atoms with van der Waals surface area (Å²) < 4.78 is 5.97. The van der Waals surface area contributed by atoms with Crippen LogP contribution in [0, 0.1) is 5.92 Å². The highest BCUT2D eigenvalue weighted by Crippen LogP contribution is 2.52. The highest BCUT2D eigenvalue weighted by atomic mass is 32.2. The van der Waals surface area contributed by atoms with Gasteiger partial charge in [0.1, 0.15) is 15.4 Å². The van der Waals surface area contributed by atoms with Gasteiger partial charge in [-0.25, -0.2) is 4.90 Å². The Morgan fingerprint density at radius 2 is 1.70 bits per heavy atom. The van der Waals surface area contributed by atoms with E-state index in [9.17, 15) is 9.59 Å². The van der Waals surface area contributed by atoms with Crippen LogP contribution in [-0.2, 0) is 14.4 Å². The normalized spacial score (nSPS) is 29.2. The molecule has 0 spiro atoms. The number of rotatable bonds is 4. The molecule has 2 aromatic rings. The van der Waals surface area contributed by atoms with Crippen LogP contribution in [-0.4, -0.2) is 57.3 Å². The SMILES string of the molecule is COc1ccc(N2C(=O)[C@H]3[C@H](ON([C@@H]4SC(=S)N(C)C4(C)C)[C@@H]3c3ccccc3)C2=O)cc1. The van der Waals surface area contributed by atoms with Gasteiger partial charge in [0.05, 0.1) is 30.3 Å². The maximum absolute atomic E-state index is 13.7. The molecule has 2 amide bonds. The molecule has 3 heterocycles. The first-order valence-corrected chi connectivity index (χ1v) is 12.0. The maximum Gasteiger partial charge on any atom is 0.265 e. The van der Waals surface area contributed by atoms with Gasteiger partial charge in [-0.3, -0.25) is 14.4 Å². The number of hydrogen-bond acceptors (Lipinski definition) is 7. The molecular weight excluding hydrogens is 458 g/mol. The Bertz CT molecular complexity index is 1110. The summed E-state index contributed by atoms with van der Waals surface area (Å²) >= 11 is 7.09. The maximum atomic E-state index is 13.7. The van der Waals surface area contributed by atoms with E-state index in [2.05, 4.69) is 13.8 Å². The van der Waals surface area contributed by atoms with Gasteiger partial charge >= 0.3 is 0 Å². The molecule has 9 heteroatoms. The summed E-state index contributed by atoms with van der Waals surface area (Å²) in [4.78, 5) is 36.8. The Kier molecular flexibility index (Phi) is 5.48. The fraction of sp³-hybridized carbons (Fsp3) is 0.375. The van der Waals surface area contributed by atoms with Crippen LogP contribution in [0.2, 0.25) is 0 Å². The van der Waals surface area contributed by atoms with Crippen LogP contribution in [0.25, 0.3) is 0 Å². The first-order chi connectivity index (χ1) is 15.8. The number of carbonyl (C=O) groups excluding carboxylic acids is 2. The number of fused-ring (bicyclic) bond motifs is 1. The predicted molar refractivity (Wildman–Crippen MR) is 131 cm³/mol. The molecule has 3 aliphatic rings. The van der Waals surface area contributed by atoms with E-state index < -0.39 is 18.1 Å². The summed E-state index contributed by atoms with van der Waals surface area (Å²) in [5.74, 6) is -0.611. The number of ether oxygens (including phenoxy) is 1. The second-order valence-corrected chi connectivity index (χ2v) is 10.6. The van der Waals surface area contributed by atoms with Gasteiger partial charge in [-0.05, 0) is 43.7 Å². The average molecular weight is 484 g/mol. The highest BCUT2D eigenvalue weighted by molar-refractivity contribution is 8.23. The minimum Gasteiger partial charge on any atom is -0.497 e. The number of thioether (sulfide) groups is 1. The molecule has 0 radical (unpaired) electrons. The van der Waals surface area contributed by atoms with E-state index in [-0.39, 0.29) is 22.7 Å². The summed E-state index contributed by atoms with van der Waals surface area (Å²) in [7, 11) is 3.54. The minimum atomic E-state index is -0.888. The first-order valence-electron chi connectivity index (χ1n) is 10.7. The van der Waals surface area contributed by atoms with Gasteiger partial charge in [0, 0.05) is 7.05 Å². The molecule has 33 heavy (non-hydrogen) atoms. The van der Waals surface area contributed by atoms with Crippen molar-refractivity contribution < 1.29 is 19.2 Å². The Morgan fingerprint density at radius 3 is 2.27 bits per heavy atom. The standard InChI is InChI=1S/C24H25N3O4S2/c1-24(2)22(33-23(32)25(24)3)27-18(14-8-6-5-7-9-14)17-19(31-27)21(29)26(20(17)28)15-10-12-16(30-4)13-11-15/h5-13,17-19,22H,1-4H3/t17-,18-,19+,22-/m1/s1. The second kappa shape index (κ2) is 8.09. The summed E-state index contributed by atoms with van der Waals surface area (Å²) in [5, 5.41) is 1.66. The molecule has 0 unspecified atom stereocenters. The van der Waals surface area contributed by atoms with Crippen LogP contribution in [0.5, 0.6) is 5.75 Å². The van der Waals surface area contributed by atoms with Crippen LogP contribution in [0.4, 0.5) is 5.69 Å². The molecule has 0 saturated carbocycles. The van der Waals surface area contributed by atoms with Crippen LogP contribution in [0.15, 0.2) is 54.6 Å². The Hall–Kier alpha value is -2.46. The van der Waals surface area contributed by atoms with Crippen molar-refractivity contribution in [3.05, 3.63) is 60.2 Å². The third-order valence-electron chi connectivity index (χ3n) is 6.80. The molecule has 5 rings (SSSR count). The molecule has 0 aromatic heterocycles. The predicted octanol–water partition coefficient (Wildman–Crippen LogP) is 3.61. The number of methoxy groups -OCH3 is 1. The van der Waals surface area contributed by atoms with Crippen LogP contribution >= 0.6 is 24.0 Å². The molecule has 3 aliphatic heterocycles. The van der Waals surface area contributed by atoms with Crippen LogP contribution in [0.3, 0.4) is 0 Å². The van der Waals surface area contributed by atoms with Gasteiger partial charge in [0.2, 0.25) is 5.91 Å². The van der Waals surface area contributed by atoms with E-state index in [4.69, 9.17) is 21.8 Å². The number of carbonyl (C=O) groups is 2. The zero-order valence-corrected chi connectivity index (χ0v) is 20.4. The summed E-state index contributed by atoms with van der Waals surface area (Å²) in [5.41, 5.74) is 1.09. The smallest absolute Gasteiger partial charge is 0.265 e. The van der Waals surface area contributed by atoms with Crippen LogP contribution in [0.1, 0.15) is 25.5 Å². The van der Waals surface area contributed by atoms with E-state index in [0.717, 1.165) is 9.88 Å². The van der Waals surface area contributed by atoms with Crippen molar-refractivity contribution in [3.63, 3.8) is 0 Å². The monoisotopic (exact) mass is 483 g/mol. The second-order valence-electron chi connectivity index (χ2n) is 8.93. The van der Waals surface area contributed by atoms with E-state index in [0.29, 0.717) is 11.4 Å². The van der Waals surface area contributed by atoms with Crippen molar-refractivity contribution in [2.24, 2.45) is 5.92 Å². The molecule has 0 aliphatic carbocycles. The van der Waals surface area contributed by atoms with Gasteiger partial charge in [-0.15, -0.1) is 0 Å². The summed E-state index contributed by atoms with van der Waals surface area (Å²) in [6, 6.07) is 16.3. The fourth-order valence-electron chi connectivity index (χ4n) is 4.71. The number of hydrogen-bond donors (Lipinski definition) is 0. The van der Waals surface area contributed by atoms with Crippen molar-refractivity contribution in [1.29, 1.82) is 0 Å². The van der Waals surface area contributed by atoms with E-state index in [1.807, 2.05) is 47.3 Å². The Morgan fingerprint density at radius 1 is 1.03 bits per heavy atom. The summed E-state index contributed by atoms with van der Waals surface area (Å²) in [6.45, 7) is 4.19. The number of likely N-dealkylation sites (N-methyl/N-ethyl adjacent to an activating group) is 1. The molecule has 7 nitrogen and oxygen atoms in total. The molecule has 4 atom stereocenters. The number of amides is 2. The number of imide groups is 1. The lowest BCUT2D eigenvalue weighted by molar-refractivity contribution is -0.188. The summed E-state index contributed by atoms with van der Waals surface area (Å²) in [6.07, 6.45) is -0.888. The Labute approximate surface area is 202 Å². The lowest BCUT2D eigenvalue weighted by Gasteiger charge is -2.39. The molecule has 0 bridgehead atoms.